The van der Waals surface area contributed by atoms with E-state index in [4.69, 9.17) is 0 Å². The summed E-state index contributed by atoms with van der Waals surface area (Å²) in [5, 5.41) is 3.34. The number of nitrogens with one attached hydrogen (secondary N) is 1. The molecule has 7 nitrogen and oxygen atoms in total. The highest BCUT2D eigenvalue weighted by atomic mass is 32.2. The van der Waals surface area contributed by atoms with Gasteiger partial charge >= 0.3 is 5.69 Å². The Morgan fingerprint density at radius 2 is 1.55 bits per heavy atom. The van der Waals surface area contributed by atoms with Crippen LogP contribution in [0.2, 0.25) is 0 Å². The largest absolute Gasteiger partial charge is 0.353 e. The summed E-state index contributed by atoms with van der Waals surface area (Å²) in [6.07, 6.45) is 13.8. The van der Waals surface area contributed by atoms with Gasteiger partial charge in [-0.2, -0.15) is 11.8 Å². The first kappa shape index (κ1) is 30.5. The first-order valence-electron chi connectivity index (χ1n) is 15.7. The van der Waals surface area contributed by atoms with Gasteiger partial charge in [0.25, 0.3) is 5.56 Å². The predicted octanol–water partition coefficient (Wildman–Crippen LogP) is 6.34. The Kier molecular flexibility index (Phi) is 10.9. The molecule has 1 saturated heterocycles. The van der Waals surface area contributed by atoms with Gasteiger partial charge in [0.1, 0.15) is 11.5 Å². The molecule has 0 spiro atoms. The zero-order valence-electron chi connectivity index (χ0n) is 24.4. The van der Waals surface area contributed by atoms with E-state index in [2.05, 4.69) is 40.6 Å². The molecule has 1 aliphatic heterocycles. The van der Waals surface area contributed by atoms with Gasteiger partial charge in [0.05, 0.1) is 11.6 Å². The second-order valence-electron chi connectivity index (χ2n) is 11.9. The van der Waals surface area contributed by atoms with Crippen LogP contribution in [0.4, 0.5) is 4.39 Å². The Bertz CT molecular complexity index is 1440. The van der Waals surface area contributed by atoms with E-state index in [1.165, 1.54) is 35.5 Å². The van der Waals surface area contributed by atoms with Crippen LogP contribution < -0.4 is 16.6 Å². The molecule has 1 amide bonds. The van der Waals surface area contributed by atoms with Gasteiger partial charge in [0.15, 0.2) is 0 Å². The van der Waals surface area contributed by atoms with Crippen LogP contribution in [0.5, 0.6) is 0 Å². The number of benzene rings is 1. The van der Waals surface area contributed by atoms with Crippen molar-refractivity contribution >= 4 is 28.7 Å². The van der Waals surface area contributed by atoms with E-state index in [9.17, 15) is 18.8 Å². The van der Waals surface area contributed by atoms with Crippen molar-refractivity contribution in [3.8, 4) is 0 Å². The van der Waals surface area contributed by atoms with E-state index in [1.807, 2.05) is 11.8 Å². The topological polar surface area (TPSA) is 86.0 Å². The summed E-state index contributed by atoms with van der Waals surface area (Å²) in [7, 11) is 0. The fraction of sp³-hybridized carbons (Fsp3) is 0.576. The standard InChI is InChI=1S/C33H43FN4O3S/c34-25-22-29-31(35-23-25)37(28-18-20-42-21-19-28)33(41)38(32(29)40)27-16-14-26(15-17-27)36-30(39)13-9-4-2-1-3-6-10-24-11-7-5-8-12-24/h5,7-8,11-12,22-23,26-28H,1-4,6,9-10,13-21H2,(H,36,39)/t26-,27+. The van der Waals surface area contributed by atoms with E-state index < -0.39 is 11.4 Å². The van der Waals surface area contributed by atoms with Gasteiger partial charge < -0.3 is 5.32 Å². The molecule has 226 valence electrons. The highest BCUT2D eigenvalue weighted by Gasteiger charge is 2.29. The van der Waals surface area contributed by atoms with Crippen LogP contribution in [0.1, 0.15) is 101 Å². The molecule has 0 atom stereocenters. The van der Waals surface area contributed by atoms with Gasteiger partial charge in [0, 0.05) is 24.5 Å². The van der Waals surface area contributed by atoms with Gasteiger partial charge in [-0.3, -0.25) is 18.7 Å². The summed E-state index contributed by atoms with van der Waals surface area (Å²) >= 11 is 1.86. The molecule has 2 fully saturated rings. The third-order valence-corrected chi connectivity index (χ3v) is 9.92. The van der Waals surface area contributed by atoms with Crippen molar-refractivity contribution in [2.75, 3.05) is 11.5 Å². The predicted molar refractivity (Wildman–Crippen MR) is 168 cm³/mol. The van der Waals surface area contributed by atoms with Crippen molar-refractivity contribution in [3.05, 3.63) is 74.8 Å². The number of halogens is 1. The van der Waals surface area contributed by atoms with Crippen molar-refractivity contribution in [1.29, 1.82) is 0 Å². The molecule has 1 aliphatic carbocycles. The molecule has 0 bridgehead atoms. The van der Waals surface area contributed by atoms with Crippen LogP contribution in [0, 0.1) is 5.82 Å². The first-order valence-corrected chi connectivity index (χ1v) is 16.9. The number of hydrogen-bond acceptors (Lipinski definition) is 5. The number of aromatic nitrogens is 3. The van der Waals surface area contributed by atoms with Crippen molar-refractivity contribution in [2.45, 2.75) is 108 Å². The number of fused-ring (bicyclic) bond motifs is 1. The fourth-order valence-electron chi connectivity index (χ4n) is 6.54. The smallest absolute Gasteiger partial charge is 0.333 e. The van der Waals surface area contributed by atoms with Gasteiger partial charge in [-0.25, -0.2) is 14.2 Å². The summed E-state index contributed by atoms with van der Waals surface area (Å²) in [6, 6.07) is 11.6. The van der Waals surface area contributed by atoms with Crippen LogP contribution in [-0.4, -0.2) is 37.6 Å². The Morgan fingerprint density at radius 1 is 0.881 bits per heavy atom. The molecule has 1 N–H and O–H groups in total. The second-order valence-corrected chi connectivity index (χ2v) is 13.1. The molecule has 2 aromatic heterocycles. The molecule has 0 radical (unpaired) electrons. The third kappa shape index (κ3) is 7.71. The van der Waals surface area contributed by atoms with Crippen molar-refractivity contribution in [1.82, 2.24) is 19.4 Å². The fourth-order valence-corrected chi connectivity index (χ4v) is 7.63. The number of carbonyl (C=O) groups excluding carboxylic acids is 1. The number of rotatable bonds is 12. The van der Waals surface area contributed by atoms with Crippen LogP contribution in [0.15, 0.2) is 52.2 Å². The molecular formula is C33H43FN4O3S. The van der Waals surface area contributed by atoms with Gasteiger partial charge in [-0.1, -0.05) is 56.0 Å². The summed E-state index contributed by atoms with van der Waals surface area (Å²) in [6.45, 7) is 0. The number of aryl methyl sites for hydroxylation is 1. The monoisotopic (exact) mass is 594 g/mol. The van der Waals surface area contributed by atoms with E-state index in [1.54, 1.807) is 4.57 Å². The molecule has 1 aromatic carbocycles. The quantitative estimate of drug-likeness (QED) is 0.248. The lowest BCUT2D eigenvalue weighted by Gasteiger charge is -2.31. The van der Waals surface area contributed by atoms with Crippen molar-refractivity contribution < 1.29 is 9.18 Å². The number of pyridine rings is 1. The molecule has 3 heterocycles. The molecule has 0 unspecified atom stereocenters. The number of unbranched alkanes of at least 4 members (excludes halogenated alkanes) is 5. The van der Waals surface area contributed by atoms with Crippen LogP contribution in [0.25, 0.3) is 11.0 Å². The summed E-state index contributed by atoms with van der Waals surface area (Å²) in [5.41, 5.74) is 0.885. The van der Waals surface area contributed by atoms with Crippen LogP contribution in [0.3, 0.4) is 0 Å². The minimum atomic E-state index is -0.579. The lowest BCUT2D eigenvalue weighted by molar-refractivity contribution is -0.122. The highest BCUT2D eigenvalue weighted by molar-refractivity contribution is 7.99. The maximum atomic E-state index is 14.1. The van der Waals surface area contributed by atoms with Gasteiger partial charge in [0.2, 0.25) is 5.91 Å². The summed E-state index contributed by atoms with van der Waals surface area (Å²) in [5.74, 6) is 1.39. The third-order valence-electron chi connectivity index (χ3n) is 8.87. The van der Waals surface area contributed by atoms with E-state index in [0.717, 1.165) is 56.2 Å². The SMILES string of the molecule is O=C(CCCCCCCCc1ccccc1)N[C@H]1CC[C@@H](n2c(=O)c3cc(F)cnc3n(C3CCSCC3)c2=O)CC1. The zero-order chi connectivity index (χ0) is 29.3. The molecule has 1 saturated carbocycles. The van der Waals surface area contributed by atoms with E-state index in [0.29, 0.717) is 32.1 Å². The average Bonchev–Trinajstić information content (AvgIpc) is 3.01. The van der Waals surface area contributed by atoms with Gasteiger partial charge in [-0.15, -0.1) is 0 Å². The first-order chi connectivity index (χ1) is 20.5. The molecule has 3 aromatic rings. The minimum Gasteiger partial charge on any atom is -0.353 e. The Hall–Kier alpha value is -2.94. The normalized spacial score (nSPS) is 19.6. The van der Waals surface area contributed by atoms with Crippen LogP contribution in [-0.2, 0) is 11.2 Å². The van der Waals surface area contributed by atoms with E-state index >= 15 is 0 Å². The summed E-state index contributed by atoms with van der Waals surface area (Å²) in [4.78, 5) is 44.0. The minimum absolute atomic E-state index is 0.0454. The highest BCUT2D eigenvalue weighted by Crippen LogP contribution is 2.30. The Labute approximate surface area is 251 Å². The Morgan fingerprint density at radius 3 is 2.29 bits per heavy atom. The molecular weight excluding hydrogens is 551 g/mol. The maximum absolute atomic E-state index is 14.1. The van der Waals surface area contributed by atoms with E-state index in [-0.39, 0.29) is 40.8 Å². The summed E-state index contributed by atoms with van der Waals surface area (Å²) < 4.78 is 17.1. The molecule has 2 aliphatic rings. The maximum Gasteiger partial charge on any atom is 0.333 e. The van der Waals surface area contributed by atoms with Gasteiger partial charge in [-0.05, 0) is 80.9 Å². The molecule has 42 heavy (non-hydrogen) atoms. The lowest BCUT2D eigenvalue weighted by Crippen LogP contribution is -2.46. The lowest BCUT2D eigenvalue weighted by atomic mass is 9.90. The average molecular weight is 595 g/mol. The van der Waals surface area contributed by atoms with Crippen LogP contribution >= 0.6 is 11.8 Å². The number of nitrogens with zero attached hydrogens (tertiary/aromatic N) is 3. The zero-order valence-corrected chi connectivity index (χ0v) is 25.3. The molecule has 9 heteroatoms. The number of carbonyl (C=O) groups is 1. The second kappa shape index (κ2) is 15.0. The Balaban J connectivity index is 1.09. The number of amides is 1. The number of thioether (sulfide) groups is 1. The molecule has 5 rings (SSSR count). The van der Waals surface area contributed by atoms with Crippen molar-refractivity contribution in [2.24, 2.45) is 0 Å². The number of hydrogen-bond donors (Lipinski definition) is 1. The van der Waals surface area contributed by atoms with Crippen molar-refractivity contribution in [3.63, 3.8) is 0 Å².